The number of carboxylic acid groups (broad SMARTS) is 4. The van der Waals surface area contributed by atoms with Crippen LogP contribution in [0.1, 0.15) is 26.7 Å². The van der Waals surface area contributed by atoms with E-state index in [0.29, 0.717) is 0 Å². The van der Waals surface area contributed by atoms with Gasteiger partial charge in [-0.3, -0.25) is 9.59 Å². The van der Waals surface area contributed by atoms with Gasteiger partial charge in [0.2, 0.25) is 0 Å². The van der Waals surface area contributed by atoms with Gasteiger partial charge in [0, 0.05) is 25.8 Å². The van der Waals surface area contributed by atoms with Crippen LogP contribution in [0.4, 0.5) is 0 Å². The summed E-state index contributed by atoms with van der Waals surface area (Å²) in [6.07, 6.45) is -0.940. The summed E-state index contributed by atoms with van der Waals surface area (Å²) in [7, 11) is 0. The Morgan fingerprint density at radius 1 is 0.778 bits per heavy atom. The summed E-state index contributed by atoms with van der Waals surface area (Å²) in [6, 6.07) is 0. The Labute approximate surface area is 148 Å². The van der Waals surface area contributed by atoms with Gasteiger partial charge in [0.25, 0.3) is 11.9 Å². The minimum atomic E-state index is -1.37. The van der Waals surface area contributed by atoms with Crippen LogP contribution in [-0.2, 0) is 19.2 Å². The zero-order valence-corrected chi connectivity index (χ0v) is 14.8. The fraction of sp³-hybridized carbons (Fsp3) is 0.500. The molecule has 0 rings (SSSR count). The van der Waals surface area contributed by atoms with Crippen molar-refractivity contribution in [1.29, 1.82) is 0 Å². The molecule has 0 aliphatic heterocycles. The van der Waals surface area contributed by atoms with Crippen LogP contribution in [0.5, 0.6) is 0 Å². The number of rotatable bonds is 3. The number of carbonyl (C=O) groups is 4. The van der Waals surface area contributed by atoms with Crippen LogP contribution in [0.25, 0.3) is 0 Å². The van der Waals surface area contributed by atoms with Crippen LogP contribution < -0.4 is 69.3 Å². The minimum Gasteiger partial charge on any atom is -0.550 e. The average Bonchev–Trinajstić information content (AvgIpc) is 1.98. The largest absolute Gasteiger partial charge is 1.00 e. The maximum absolute atomic E-state index is 9.50. The SMILES string of the molecule is CC(=O)O.CC(=O)O.O=C([O-])CCC(=O)[O-].[Na+].[Na+]. The smallest absolute Gasteiger partial charge is 0.550 e. The van der Waals surface area contributed by atoms with Gasteiger partial charge in [0.1, 0.15) is 0 Å². The van der Waals surface area contributed by atoms with Crippen molar-refractivity contribution in [2.75, 3.05) is 0 Å². The molecule has 0 unspecified atom stereocenters. The zero-order chi connectivity index (χ0) is 13.7. The Morgan fingerprint density at radius 3 is 0.944 bits per heavy atom. The first kappa shape index (κ1) is 30.7. The summed E-state index contributed by atoms with van der Waals surface area (Å²) in [5.41, 5.74) is 0. The summed E-state index contributed by atoms with van der Waals surface area (Å²) >= 11 is 0. The molecule has 0 heterocycles. The Morgan fingerprint density at radius 2 is 0.889 bits per heavy atom. The van der Waals surface area contributed by atoms with Crippen molar-refractivity contribution in [3.8, 4) is 0 Å². The summed E-state index contributed by atoms with van der Waals surface area (Å²) < 4.78 is 0. The van der Waals surface area contributed by atoms with E-state index in [1.54, 1.807) is 0 Å². The van der Waals surface area contributed by atoms with Gasteiger partial charge in [-0.2, -0.15) is 0 Å². The van der Waals surface area contributed by atoms with Crippen LogP contribution in [-0.4, -0.2) is 34.1 Å². The molecule has 10 heteroatoms. The maximum atomic E-state index is 9.50. The predicted molar refractivity (Wildman–Crippen MR) is 45.9 cm³/mol. The third-order valence-corrected chi connectivity index (χ3v) is 0.533. The van der Waals surface area contributed by atoms with E-state index >= 15 is 0 Å². The zero-order valence-electron chi connectivity index (χ0n) is 10.8. The first-order chi connectivity index (χ1) is 7.09. The van der Waals surface area contributed by atoms with Crippen molar-refractivity contribution < 1.29 is 98.7 Å². The van der Waals surface area contributed by atoms with Gasteiger partial charge in [-0.1, -0.05) is 0 Å². The van der Waals surface area contributed by atoms with E-state index in [2.05, 4.69) is 0 Å². The Balaban J connectivity index is -0.0000000489. The van der Waals surface area contributed by atoms with E-state index in [1.165, 1.54) is 0 Å². The quantitative estimate of drug-likeness (QED) is 0.483. The molecular formula is C8H12Na2O8. The molecule has 0 aromatic heterocycles. The number of carbonyl (C=O) groups excluding carboxylic acids is 2. The first-order valence-corrected chi connectivity index (χ1v) is 3.88. The standard InChI is InChI=1S/C4H6O4.2C2H4O2.2Na/c5-3(6)1-2-4(7)8;2*1-2(3)4;;/h1-2H2,(H,5,6)(H,7,8);2*1H3,(H,3,4);;/q;;;2*+1/p-2. The van der Waals surface area contributed by atoms with Crippen molar-refractivity contribution in [1.82, 2.24) is 0 Å². The summed E-state index contributed by atoms with van der Waals surface area (Å²) in [6.45, 7) is 2.17. The monoisotopic (exact) mass is 282 g/mol. The molecule has 0 fully saturated rings. The van der Waals surface area contributed by atoms with Crippen molar-refractivity contribution in [3.63, 3.8) is 0 Å². The van der Waals surface area contributed by atoms with Crippen LogP contribution >= 0.6 is 0 Å². The van der Waals surface area contributed by atoms with Crippen molar-refractivity contribution in [3.05, 3.63) is 0 Å². The van der Waals surface area contributed by atoms with Gasteiger partial charge < -0.3 is 30.0 Å². The van der Waals surface area contributed by atoms with Gasteiger partial charge in [0.15, 0.2) is 0 Å². The molecule has 18 heavy (non-hydrogen) atoms. The third kappa shape index (κ3) is 148. The fourth-order valence-electron chi connectivity index (χ4n) is 0.204. The number of carboxylic acids is 4. The molecule has 0 amide bonds. The second kappa shape index (κ2) is 22.1. The third-order valence-electron chi connectivity index (χ3n) is 0.533. The van der Waals surface area contributed by atoms with E-state index < -0.39 is 36.7 Å². The molecule has 0 aliphatic rings. The second-order valence-corrected chi connectivity index (χ2v) is 2.28. The van der Waals surface area contributed by atoms with Crippen molar-refractivity contribution in [2.24, 2.45) is 0 Å². The van der Waals surface area contributed by atoms with Gasteiger partial charge in [-0.15, -0.1) is 0 Å². The molecule has 2 N–H and O–H groups in total. The summed E-state index contributed by atoms with van der Waals surface area (Å²) in [4.78, 5) is 37.0. The van der Waals surface area contributed by atoms with Crippen molar-refractivity contribution in [2.45, 2.75) is 26.7 Å². The van der Waals surface area contributed by atoms with Crippen molar-refractivity contribution >= 4 is 23.9 Å². The van der Waals surface area contributed by atoms with Gasteiger partial charge in [-0.25, -0.2) is 0 Å². The van der Waals surface area contributed by atoms with E-state index in [0.717, 1.165) is 13.8 Å². The van der Waals surface area contributed by atoms with Gasteiger partial charge >= 0.3 is 59.1 Å². The number of hydrogen-bond donors (Lipinski definition) is 2. The summed E-state index contributed by atoms with van der Waals surface area (Å²) in [5, 5.41) is 33.8. The molecule has 0 aromatic carbocycles. The van der Waals surface area contributed by atoms with Crippen LogP contribution in [0, 0.1) is 0 Å². The molecule has 0 saturated heterocycles. The molecule has 8 nitrogen and oxygen atoms in total. The van der Waals surface area contributed by atoms with Gasteiger partial charge in [0.05, 0.1) is 0 Å². The van der Waals surface area contributed by atoms with E-state index in [-0.39, 0.29) is 59.1 Å². The molecule has 0 saturated carbocycles. The topological polar surface area (TPSA) is 155 Å². The first-order valence-electron chi connectivity index (χ1n) is 3.88. The molecule has 0 bridgehead atoms. The molecule has 0 aromatic rings. The molecular weight excluding hydrogens is 270 g/mol. The maximum Gasteiger partial charge on any atom is 1.00 e. The normalized spacial score (nSPS) is 6.56. The van der Waals surface area contributed by atoms with Crippen LogP contribution in [0.15, 0.2) is 0 Å². The molecule has 0 spiro atoms. The van der Waals surface area contributed by atoms with Crippen LogP contribution in [0.3, 0.4) is 0 Å². The molecule has 94 valence electrons. The number of hydrogen-bond acceptors (Lipinski definition) is 6. The average molecular weight is 282 g/mol. The van der Waals surface area contributed by atoms with Crippen LogP contribution in [0.2, 0.25) is 0 Å². The van der Waals surface area contributed by atoms with E-state index in [4.69, 9.17) is 19.8 Å². The second-order valence-electron chi connectivity index (χ2n) is 2.28. The van der Waals surface area contributed by atoms with E-state index in [9.17, 15) is 19.8 Å². The minimum absolute atomic E-state index is 0. The Kier molecular flexibility index (Phi) is 37.7. The Hall–Kier alpha value is -0.120. The summed E-state index contributed by atoms with van der Waals surface area (Å²) in [5.74, 6) is -4.40. The molecule has 0 radical (unpaired) electrons. The molecule has 0 atom stereocenters. The fourth-order valence-corrected chi connectivity index (χ4v) is 0.204. The predicted octanol–water partition coefficient (Wildman–Crippen LogP) is -8.54. The number of aliphatic carboxylic acids is 4. The van der Waals surface area contributed by atoms with Gasteiger partial charge in [-0.05, 0) is 12.8 Å². The molecule has 0 aliphatic carbocycles. The van der Waals surface area contributed by atoms with E-state index in [1.807, 2.05) is 0 Å². The Bertz CT molecular complexity index is 219.